The molecule has 4 rings (SSSR count). The summed E-state index contributed by atoms with van der Waals surface area (Å²) >= 11 is 7.40. The zero-order valence-electron chi connectivity index (χ0n) is 15.9. The van der Waals surface area contributed by atoms with Gasteiger partial charge in [-0.05, 0) is 47.8 Å². The summed E-state index contributed by atoms with van der Waals surface area (Å²) in [6, 6.07) is 15.4. The largest absolute Gasteiger partial charge is 0.497 e. The van der Waals surface area contributed by atoms with Crippen LogP contribution in [0.3, 0.4) is 0 Å². The van der Waals surface area contributed by atoms with Crippen LogP contribution in [0, 0.1) is 0 Å². The minimum atomic E-state index is -3.86. The van der Waals surface area contributed by atoms with Gasteiger partial charge < -0.3 is 9.26 Å². The highest BCUT2D eigenvalue weighted by atomic mass is 35.5. The summed E-state index contributed by atoms with van der Waals surface area (Å²) < 4.78 is 38.2. The van der Waals surface area contributed by atoms with Crippen molar-refractivity contribution in [3.8, 4) is 27.9 Å². The molecule has 0 saturated heterocycles. The van der Waals surface area contributed by atoms with E-state index < -0.39 is 10.0 Å². The molecular formula is C20H16ClN3O4S2. The van der Waals surface area contributed by atoms with E-state index in [4.69, 9.17) is 20.9 Å². The van der Waals surface area contributed by atoms with Crippen LogP contribution in [0.1, 0.15) is 0 Å². The smallest absolute Gasteiger partial charge is 0.269 e. The number of thiophene rings is 1. The maximum absolute atomic E-state index is 13.3. The third-order valence-electron chi connectivity index (χ3n) is 4.44. The number of methoxy groups -OCH3 is 1. The molecular weight excluding hydrogens is 446 g/mol. The standard InChI is InChI=1S/C20H16ClN3O4S2/c1-24(13-7-9-14(27-2)10-8-13)30(25,26)17-11-12-29-18(17)20-22-19(23-28-20)15-5-3-4-6-16(15)21/h3-12H,1-2H3. The number of hydrogen-bond acceptors (Lipinski definition) is 7. The van der Waals surface area contributed by atoms with Crippen LogP contribution in [-0.4, -0.2) is 32.7 Å². The number of benzene rings is 2. The van der Waals surface area contributed by atoms with E-state index in [0.29, 0.717) is 26.9 Å². The van der Waals surface area contributed by atoms with Crippen LogP contribution in [-0.2, 0) is 10.0 Å². The van der Waals surface area contributed by atoms with Crippen LogP contribution in [0.5, 0.6) is 5.75 Å². The lowest BCUT2D eigenvalue weighted by Gasteiger charge is -2.19. The molecule has 0 unspecified atom stereocenters. The van der Waals surface area contributed by atoms with Crippen LogP contribution < -0.4 is 9.04 Å². The molecule has 0 bridgehead atoms. The Morgan fingerprint density at radius 2 is 1.83 bits per heavy atom. The molecule has 0 amide bonds. The first-order valence-electron chi connectivity index (χ1n) is 8.71. The summed E-state index contributed by atoms with van der Waals surface area (Å²) in [6.45, 7) is 0. The average Bonchev–Trinajstić information content (AvgIpc) is 3.43. The maximum atomic E-state index is 13.3. The molecule has 0 saturated carbocycles. The maximum Gasteiger partial charge on any atom is 0.269 e. The van der Waals surface area contributed by atoms with Gasteiger partial charge in [-0.2, -0.15) is 4.98 Å². The summed E-state index contributed by atoms with van der Waals surface area (Å²) in [6.07, 6.45) is 0. The molecule has 2 heterocycles. The fourth-order valence-corrected chi connectivity index (χ4v) is 5.53. The number of sulfonamides is 1. The van der Waals surface area contributed by atoms with Gasteiger partial charge in [-0.1, -0.05) is 28.9 Å². The average molecular weight is 462 g/mol. The van der Waals surface area contributed by atoms with Crippen molar-refractivity contribution in [3.05, 3.63) is 65.0 Å². The van der Waals surface area contributed by atoms with Gasteiger partial charge in [0.25, 0.3) is 15.9 Å². The number of hydrogen-bond donors (Lipinski definition) is 0. The molecule has 0 radical (unpaired) electrons. The number of ether oxygens (including phenoxy) is 1. The molecule has 0 atom stereocenters. The second kappa shape index (κ2) is 8.10. The molecule has 2 aromatic heterocycles. The van der Waals surface area contributed by atoms with Gasteiger partial charge in [-0.15, -0.1) is 11.3 Å². The first-order chi connectivity index (χ1) is 14.4. The van der Waals surface area contributed by atoms with E-state index in [1.807, 2.05) is 6.07 Å². The normalized spacial score (nSPS) is 11.4. The molecule has 30 heavy (non-hydrogen) atoms. The highest BCUT2D eigenvalue weighted by Gasteiger charge is 2.29. The van der Waals surface area contributed by atoms with Crippen LogP contribution in [0.15, 0.2) is 69.4 Å². The first kappa shape index (κ1) is 20.4. The molecule has 0 fully saturated rings. The fourth-order valence-electron chi connectivity index (χ4n) is 2.80. The van der Waals surface area contributed by atoms with Gasteiger partial charge in [-0.3, -0.25) is 4.31 Å². The van der Waals surface area contributed by atoms with E-state index in [0.717, 1.165) is 0 Å². The van der Waals surface area contributed by atoms with Crippen LogP contribution >= 0.6 is 22.9 Å². The van der Waals surface area contributed by atoms with Crippen molar-refractivity contribution in [2.24, 2.45) is 0 Å². The second-order valence-electron chi connectivity index (χ2n) is 6.19. The van der Waals surface area contributed by atoms with Crippen molar-refractivity contribution in [2.45, 2.75) is 4.90 Å². The van der Waals surface area contributed by atoms with Crippen LogP contribution in [0.25, 0.3) is 22.2 Å². The highest BCUT2D eigenvalue weighted by molar-refractivity contribution is 7.93. The Balaban J connectivity index is 1.70. The topological polar surface area (TPSA) is 85.5 Å². The molecule has 0 N–H and O–H groups in total. The van der Waals surface area contributed by atoms with Gasteiger partial charge in [0.2, 0.25) is 5.82 Å². The summed E-state index contributed by atoms with van der Waals surface area (Å²) in [4.78, 5) is 4.81. The van der Waals surface area contributed by atoms with E-state index in [1.54, 1.807) is 55.0 Å². The Labute approximate surface area is 182 Å². The van der Waals surface area contributed by atoms with Crippen molar-refractivity contribution in [1.29, 1.82) is 0 Å². The summed E-state index contributed by atoms with van der Waals surface area (Å²) in [7, 11) is -0.824. The van der Waals surface area contributed by atoms with E-state index in [9.17, 15) is 8.42 Å². The minimum absolute atomic E-state index is 0.0835. The summed E-state index contributed by atoms with van der Waals surface area (Å²) in [5.74, 6) is 1.04. The van der Waals surface area contributed by atoms with Crippen molar-refractivity contribution in [1.82, 2.24) is 10.1 Å². The number of rotatable bonds is 6. The van der Waals surface area contributed by atoms with Gasteiger partial charge in [-0.25, -0.2) is 8.42 Å². The molecule has 0 aliphatic heterocycles. The number of anilines is 1. The Bertz CT molecular complexity index is 1280. The zero-order valence-corrected chi connectivity index (χ0v) is 18.3. The molecule has 10 heteroatoms. The van der Waals surface area contributed by atoms with Gasteiger partial charge >= 0.3 is 0 Å². The lowest BCUT2D eigenvalue weighted by atomic mass is 10.2. The van der Waals surface area contributed by atoms with Crippen LogP contribution in [0.4, 0.5) is 5.69 Å². The quantitative estimate of drug-likeness (QED) is 0.403. The SMILES string of the molecule is COc1ccc(N(C)S(=O)(=O)c2ccsc2-c2nc(-c3ccccc3Cl)no2)cc1. The number of aromatic nitrogens is 2. The lowest BCUT2D eigenvalue weighted by molar-refractivity contribution is 0.415. The predicted octanol–water partition coefficient (Wildman–Crippen LogP) is 4.95. The van der Waals surface area contributed by atoms with E-state index >= 15 is 0 Å². The first-order valence-corrected chi connectivity index (χ1v) is 11.4. The van der Waals surface area contributed by atoms with E-state index in [-0.39, 0.29) is 16.6 Å². The monoisotopic (exact) mass is 461 g/mol. The fraction of sp³-hybridized carbons (Fsp3) is 0.100. The van der Waals surface area contributed by atoms with Crippen LogP contribution in [0.2, 0.25) is 5.02 Å². The van der Waals surface area contributed by atoms with Crippen molar-refractivity contribution < 1.29 is 17.7 Å². The second-order valence-corrected chi connectivity index (χ2v) is 9.45. The summed E-state index contributed by atoms with van der Waals surface area (Å²) in [5, 5.41) is 6.11. The predicted molar refractivity (Wildman–Crippen MR) is 117 cm³/mol. The van der Waals surface area contributed by atoms with E-state index in [1.165, 1.54) is 28.8 Å². The molecule has 4 aromatic rings. The molecule has 154 valence electrons. The Kier molecular flexibility index (Phi) is 5.50. The molecule has 2 aromatic carbocycles. The third kappa shape index (κ3) is 3.67. The van der Waals surface area contributed by atoms with Crippen molar-refractivity contribution in [2.75, 3.05) is 18.5 Å². The molecule has 0 spiro atoms. The van der Waals surface area contributed by atoms with E-state index in [2.05, 4.69) is 10.1 Å². The summed E-state index contributed by atoms with van der Waals surface area (Å²) in [5.41, 5.74) is 1.10. The molecule has 0 aliphatic carbocycles. The highest BCUT2D eigenvalue weighted by Crippen LogP contribution is 2.36. The Morgan fingerprint density at radius 3 is 2.53 bits per heavy atom. The van der Waals surface area contributed by atoms with Crippen molar-refractivity contribution >= 4 is 38.6 Å². The molecule has 7 nitrogen and oxygen atoms in total. The van der Waals surface area contributed by atoms with Gasteiger partial charge in [0, 0.05) is 12.6 Å². The number of halogens is 1. The van der Waals surface area contributed by atoms with Crippen molar-refractivity contribution in [3.63, 3.8) is 0 Å². The Hall–Kier alpha value is -2.88. The third-order valence-corrected chi connectivity index (χ3v) is 7.63. The minimum Gasteiger partial charge on any atom is -0.497 e. The lowest BCUT2D eigenvalue weighted by Crippen LogP contribution is -2.26. The number of nitrogens with zero attached hydrogens (tertiary/aromatic N) is 3. The van der Waals surface area contributed by atoms with Gasteiger partial charge in [0.1, 0.15) is 15.5 Å². The zero-order chi connectivity index (χ0) is 21.3. The van der Waals surface area contributed by atoms with Gasteiger partial charge in [0.15, 0.2) is 0 Å². The molecule has 0 aliphatic rings. The van der Waals surface area contributed by atoms with Gasteiger partial charge in [0.05, 0.1) is 17.8 Å². The Morgan fingerprint density at radius 1 is 1.10 bits per heavy atom.